The lowest BCUT2D eigenvalue weighted by Crippen LogP contribution is -2.47. The summed E-state index contributed by atoms with van der Waals surface area (Å²) in [7, 11) is -3.58. The molecule has 0 radical (unpaired) electrons. The minimum Gasteiger partial charge on any atom is -0.384 e. The van der Waals surface area contributed by atoms with Crippen LogP contribution in [0.15, 0.2) is 0 Å². The summed E-state index contributed by atoms with van der Waals surface area (Å²) in [6, 6.07) is -0.242. The van der Waals surface area contributed by atoms with Crippen molar-refractivity contribution in [3.05, 3.63) is 0 Å². The van der Waals surface area contributed by atoms with E-state index in [0.717, 1.165) is 23.6 Å². The highest BCUT2D eigenvalue weighted by Gasteiger charge is 2.72. The summed E-state index contributed by atoms with van der Waals surface area (Å²) in [4.78, 5) is 12.1. The Balaban J connectivity index is 2.09. The van der Waals surface area contributed by atoms with Crippen LogP contribution in [0.25, 0.3) is 0 Å². The molecule has 2 aliphatic carbocycles. The quantitative estimate of drug-likeness (QED) is 0.771. The molecule has 2 saturated carbocycles. The van der Waals surface area contributed by atoms with Crippen molar-refractivity contribution in [3.8, 4) is 0 Å². The molecule has 0 aromatic carbocycles. The van der Waals surface area contributed by atoms with E-state index in [0.29, 0.717) is 5.92 Å². The Labute approximate surface area is 114 Å². The molecule has 1 spiro atoms. The highest BCUT2D eigenvalue weighted by Crippen LogP contribution is 2.69. The standard InChI is InChI=1S/C13H21NO4S/c1-8(15)11(16)14-10-6-9-4-5-13(10,12(9,2)3)7-19(14,17)18/h8-10,15H,4-7H2,1-3H3/t8-,9-,10-,13-/m1/s1. The van der Waals surface area contributed by atoms with E-state index >= 15 is 0 Å². The lowest BCUT2D eigenvalue weighted by atomic mass is 9.69. The molecule has 1 heterocycles. The van der Waals surface area contributed by atoms with Gasteiger partial charge in [0.2, 0.25) is 10.0 Å². The number of aliphatic hydroxyl groups is 1. The molecule has 1 N–H and O–H groups in total. The minimum atomic E-state index is -3.58. The second-order valence-corrected chi connectivity index (χ2v) is 8.78. The number of nitrogens with zero attached hydrogens (tertiary/aromatic N) is 1. The zero-order valence-corrected chi connectivity index (χ0v) is 12.4. The van der Waals surface area contributed by atoms with Crippen molar-refractivity contribution in [1.29, 1.82) is 0 Å². The first-order valence-electron chi connectivity index (χ1n) is 6.87. The molecule has 1 saturated heterocycles. The first kappa shape index (κ1) is 13.4. The molecule has 1 amide bonds. The summed E-state index contributed by atoms with van der Waals surface area (Å²) >= 11 is 0. The molecule has 0 aromatic heterocycles. The van der Waals surface area contributed by atoms with Crippen LogP contribution in [0, 0.1) is 16.7 Å². The van der Waals surface area contributed by atoms with Gasteiger partial charge < -0.3 is 5.11 Å². The van der Waals surface area contributed by atoms with E-state index < -0.39 is 22.0 Å². The SMILES string of the molecule is C[C@@H](O)C(=O)N1[C@@H]2C[C@H]3CC[C@]2(CS1(=O)=O)C3(C)C. The summed E-state index contributed by atoms with van der Waals surface area (Å²) in [6.45, 7) is 5.61. The number of hydrogen-bond acceptors (Lipinski definition) is 4. The molecule has 0 aromatic rings. The van der Waals surface area contributed by atoms with Crippen LogP contribution in [0.1, 0.15) is 40.0 Å². The zero-order chi connectivity index (χ0) is 14.2. The molecule has 3 aliphatic rings. The smallest absolute Gasteiger partial charge is 0.264 e. The van der Waals surface area contributed by atoms with Crippen LogP contribution >= 0.6 is 0 Å². The Bertz CT molecular complexity index is 539. The van der Waals surface area contributed by atoms with Crippen LogP contribution in [0.3, 0.4) is 0 Å². The number of rotatable bonds is 1. The van der Waals surface area contributed by atoms with Crippen LogP contribution in [0.4, 0.5) is 0 Å². The molecule has 4 atom stereocenters. The number of aliphatic hydroxyl groups excluding tert-OH is 1. The largest absolute Gasteiger partial charge is 0.384 e. The van der Waals surface area contributed by atoms with E-state index in [1.165, 1.54) is 6.92 Å². The topological polar surface area (TPSA) is 74.7 Å². The molecule has 2 bridgehead atoms. The number of carbonyl (C=O) groups is 1. The van der Waals surface area contributed by atoms with Gasteiger partial charge in [-0.15, -0.1) is 0 Å². The van der Waals surface area contributed by atoms with Crippen LogP contribution in [-0.4, -0.2) is 41.6 Å². The van der Waals surface area contributed by atoms with E-state index in [9.17, 15) is 18.3 Å². The summed E-state index contributed by atoms with van der Waals surface area (Å²) in [6.07, 6.45) is 1.42. The van der Waals surface area contributed by atoms with Crippen molar-refractivity contribution in [2.45, 2.75) is 52.2 Å². The zero-order valence-electron chi connectivity index (χ0n) is 11.6. The van der Waals surface area contributed by atoms with Crippen LogP contribution in [0.2, 0.25) is 0 Å². The van der Waals surface area contributed by atoms with Crippen molar-refractivity contribution in [2.75, 3.05) is 5.75 Å². The molecule has 6 heteroatoms. The lowest BCUT2D eigenvalue weighted by molar-refractivity contribution is -0.136. The fraction of sp³-hybridized carbons (Fsp3) is 0.923. The van der Waals surface area contributed by atoms with Crippen LogP contribution in [-0.2, 0) is 14.8 Å². The Hall–Kier alpha value is -0.620. The molecule has 1 aliphatic heterocycles. The van der Waals surface area contributed by atoms with E-state index in [4.69, 9.17) is 0 Å². The second-order valence-electron chi connectivity index (χ2n) is 6.93. The average molecular weight is 287 g/mol. The summed E-state index contributed by atoms with van der Waals surface area (Å²) in [5.41, 5.74) is -0.348. The molecule has 3 rings (SSSR count). The fourth-order valence-electron chi connectivity index (χ4n) is 4.76. The maximum absolute atomic E-state index is 12.4. The Kier molecular flexibility index (Phi) is 2.48. The molecule has 0 unspecified atom stereocenters. The average Bonchev–Trinajstić information content (AvgIpc) is 2.74. The van der Waals surface area contributed by atoms with E-state index in [-0.39, 0.29) is 22.6 Å². The van der Waals surface area contributed by atoms with Gasteiger partial charge in [-0.25, -0.2) is 12.7 Å². The maximum atomic E-state index is 12.4. The summed E-state index contributed by atoms with van der Waals surface area (Å²) in [5.74, 6) is -0.116. The van der Waals surface area contributed by atoms with Gasteiger partial charge in [-0.05, 0) is 37.5 Å². The Morgan fingerprint density at radius 1 is 1.42 bits per heavy atom. The van der Waals surface area contributed by atoms with Gasteiger partial charge >= 0.3 is 0 Å². The third-order valence-electron chi connectivity index (χ3n) is 5.99. The van der Waals surface area contributed by atoms with E-state index in [1.807, 2.05) is 0 Å². The lowest BCUT2D eigenvalue weighted by Gasteiger charge is -2.37. The van der Waals surface area contributed by atoms with Gasteiger partial charge in [0.25, 0.3) is 5.91 Å². The van der Waals surface area contributed by atoms with Gasteiger partial charge in [-0.1, -0.05) is 13.8 Å². The molecular formula is C13H21NO4S. The van der Waals surface area contributed by atoms with Gasteiger partial charge in [0.05, 0.1) is 11.8 Å². The number of hydrogen-bond donors (Lipinski definition) is 1. The van der Waals surface area contributed by atoms with E-state index in [1.54, 1.807) is 0 Å². The summed E-state index contributed by atoms with van der Waals surface area (Å²) in [5, 5.41) is 9.48. The van der Waals surface area contributed by atoms with Crippen molar-refractivity contribution < 1.29 is 18.3 Å². The van der Waals surface area contributed by atoms with Gasteiger partial charge in [0.1, 0.15) is 6.10 Å². The highest BCUT2D eigenvalue weighted by atomic mass is 32.2. The predicted molar refractivity (Wildman–Crippen MR) is 69.7 cm³/mol. The van der Waals surface area contributed by atoms with Crippen molar-refractivity contribution >= 4 is 15.9 Å². The number of carbonyl (C=O) groups excluding carboxylic acids is 1. The Morgan fingerprint density at radius 2 is 2.05 bits per heavy atom. The molecule has 19 heavy (non-hydrogen) atoms. The number of fused-ring (bicyclic) bond motifs is 1. The van der Waals surface area contributed by atoms with E-state index in [2.05, 4.69) is 13.8 Å². The number of amides is 1. The van der Waals surface area contributed by atoms with Crippen LogP contribution in [0.5, 0.6) is 0 Å². The normalized spacial score (nSPS) is 43.3. The first-order valence-corrected chi connectivity index (χ1v) is 8.48. The monoisotopic (exact) mass is 287 g/mol. The molecule has 5 nitrogen and oxygen atoms in total. The van der Waals surface area contributed by atoms with Crippen molar-refractivity contribution in [3.63, 3.8) is 0 Å². The maximum Gasteiger partial charge on any atom is 0.264 e. The second kappa shape index (κ2) is 3.52. The van der Waals surface area contributed by atoms with Gasteiger partial charge in [-0.2, -0.15) is 0 Å². The van der Waals surface area contributed by atoms with Gasteiger partial charge in [0, 0.05) is 5.41 Å². The van der Waals surface area contributed by atoms with Gasteiger partial charge in [0.15, 0.2) is 0 Å². The minimum absolute atomic E-state index is 0.0432. The molecular weight excluding hydrogens is 266 g/mol. The summed E-state index contributed by atoms with van der Waals surface area (Å²) < 4.78 is 25.8. The van der Waals surface area contributed by atoms with Crippen molar-refractivity contribution in [2.24, 2.45) is 16.7 Å². The van der Waals surface area contributed by atoms with Crippen molar-refractivity contribution in [1.82, 2.24) is 4.31 Å². The Morgan fingerprint density at radius 3 is 2.58 bits per heavy atom. The fourth-order valence-corrected chi connectivity index (χ4v) is 7.36. The molecule has 3 fully saturated rings. The first-order chi connectivity index (χ1) is 8.63. The third-order valence-corrected chi connectivity index (χ3v) is 7.90. The molecule has 108 valence electrons. The highest BCUT2D eigenvalue weighted by molar-refractivity contribution is 7.90. The van der Waals surface area contributed by atoms with Crippen LogP contribution < -0.4 is 0 Å². The number of sulfonamides is 1. The third kappa shape index (κ3) is 1.39. The van der Waals surface area contributed by atoms with Gasteiger partial charge in [-0.3, -0.25) is 4.79 Å². The predicted octanol–water partition coefficient (Wildman–Crippen LogP) is 0.734.